The van der Waals surface area contributed by atoms with Gasteiger partial charge in [-0.25, -0.2) is 0 Å². The molecule has 132 valence electrons. The van der Waals surface area contributed by atoms with Crippen LogP contribution in [0.4, 0.5) is 5.69 Å². The van der Waals surface area contributed by atoms with E-state index in [2.05, 4.69) is 15.9 Å². The van der Waals surface area contributed by atoms with Gasteiger partial charge in [-0.15, -0.1) is 22.7 Å². The predicted molar refractivity (Wildman–Crippen MR) is 107 cm³/mol. The van der Waals surface area contributed by atoms with Crippen molar-refractivity contribution in [2.24, 2.45) is 0 Å². The third-order valence-electron chi connectivity index (χ3n) is 4.40. The van der Waals surface area contributed by atoms with Gasteiger partial charge in [-0.05, 0) is 41.1 Å². The summed E-state index contributed by atoms with van der Waals surface area (Å²) in [6.07, 6.45) is -0.267. The molecular weight excluding hydrogens is 434 g/mol. The largest absolute Gasteiger partial charge is 0.375 e. The summed E-state index contributed by atoms with van der Waals surface area (Å²) in [4.78, 5) is 28.9. The number of carbonyl (C=O) groups excluding carboxylic acids is 2. The maximum atomic E-state index is 13.1. The van der Waals surface area contributed by atoms with Crippen molar-refractivity contribution in [3.05, 3.63) is 73.0 Å². The average molecular weight is 448 g/mol. The second kappa shape index (κ2) is 6.74. The monoisotopic (exact) mass is 447 g/mol. The van der Waals surface area contributed by atoms with Crippen LogP contribution in [0.2, 0.25) is 0 Å². The number of thiophene rings is 2. The van der Waals surface area contributed by atoms with E-state index in [1.54, 1.807) is 45.9 Å². The first-order chi connectivity index (χ1) is 12.5. The van der Waals surface area contributed by atoms with Gasteiger partial charge in [-0.1, -0.05) is 28.1 Å². The van der Waals surface area contributed by atoms with E-state index in [0.29, 0.717) is 22.7 Å². The Kier molecular flexibility index (Phi) is 4.56. The quantitative estimate of drug-likeness (QED) is 0.582. The summed E-state index contributed by atoms with van der Waals surface area (Å²) >= 11 is 6.26. The highest BCUT2D eigenvalue weighted by Gasteiger charge is 2.51. The van der Waals surface area contributed by atoms with Crippen molar-refractivity contribution in [3.8, 4) is 0 Å². The molecule has 0 saturated heterocycles. The highest BCUT2D eigenvalue weighted by atomic mass is 79.9. The summed E-state index contributed by atoms with van der Waals surface area (Å²) in [5.41, 5.74) is -0.733. The van der Waals surface area contributed by atoms with Crippen LogP contribution in [0.1, 0.15) is 26.5 Å². The van der Waals surface area contributed by atoms with Crippen LogP contribution in [-0.4, -0.2) is 16.8 Å². The Morgan fingerprint density at radius 1 is 1.15 bits per heavy atom. The van der Waals surface area contributed by atoms with E-state index < -0.39 is 11.5 Å². The van der Waals surface area contributed by atoms with Gasteiger partial charge < -0.3 is 10.0 Å². The number of carbonyl (C=O) groups is 2. The van der Waals surface area contributed by atoms with Gasteiger partial charge in [-0.3, -0.25) is 9.59 Å². The molecule has 4 rings (SSSR count). The van der Waals surface area contributed by atoms with Gasteiger partial charge in [0.05, 0.1) is 23.5 Å². The average Bonchev–Trinajstić information content (AvgIpc) is 3.35. The fourth-order valence-corrected chi connectivity index (χ4v) is 4.88. The number of ketones is 1. The van der Waals surface area contributed by atoms with E-state index in [4.69, 9.17) is 0 Å². The lowest BCUT2D eigenvalue weighted by Crippen LogP contribution is -2.41. The van der Waals surface area contributed by atoms with Gasteiger partial charge in [0.15, 0.2) is 11.4 Å². The summed E-state index contributed by atoms with van der Waals surface area (Å²) in [5.74, 6) is -0.691. The molecule has 0 saturated carbocycles. The molecule has 1 N–H and O–H groups in total. The van der Waals surface area contributed by atoms with Crippen LogP contribution in [0.25, 0.3) is 0 Å². The molecule has 1 atom stereocenters. The van der Waals surface area contributed by atoms with Gasteiger partial charge >= 0.3 is 0 Å². The van der Waals surface area contributed by atoms with Gasteiger partial charge in [0.2, 0.25) is 0 Å². The summed E-state index contributed by atoms with van der Waals surface area (Å²) in [7, 11) is 0. The van der Waals surface area contributed by atoms with Gasteiger partial charge in [0.1, 0.15) is 0 Å². The first-order valence-electron chi connectivity index (χ1n) is 7.92. The number of halogens is 1. The van der Waals surface area contributed by atoms with E-state index >= 15 is 0 Å². The van der Waals surface area contributed by atoms with Crippen molar-refractivity contribution < 1.29 is 14.7 Å². The number of fused-ring (bicyclic) bond motifs is 1. The minimum atomic E-state index is -1.85. The lowest BCUT2D eigenvalue weighted by atomic mass is 9.89. The Morgan fingerprint density at radius 3 is 2.62 bits per heavy atom. The molecule has 2 aromatic heterocycles. The van der Waals surface area contributed by atoms with Crippen LogP contribution >= 0.6 is 38.6 Å². The predicted octanol–water partition coefficient (Wildman–Crippen LogP) is 4.58. The number of hydrogen-bond acceptors (Lipinski definition) is 5. The zero-order valence-electron chi connectivity index (χ0n) is 13.5. The Hall–Kier alpha value is -1.80. The standard InChI is InChI=1S/C19H14BrNO3S2/c20-12-5-6-15-14(9-12)19(24,10-16(22)17-4-2-8-26-17)18(23)21(15)11-13-3-1-7-25-13/h1-9,24H,10-11H2. The molecule has 26 heavy (non-hydrogen) atoms. The van der Waals surface area contributed by atoms with Crippen LogP contribution in [0, 0.1) is 0 Å². The summed E-state index contributed by atoms with van der Waals surface area (Å²) < 4.78 is 0.754. The van der Waals surface area contributed by atoms with Gasteiger partial charge in [0, 0.05) is 14.9 Å². The molecule has 4 nitrogen and oxygen atoms in total. The van der Waals surface area contributed by atoms with Crippen molar-refractivity contribution in [1.82, 2.24) is 0 Å². The number of aliphatic hydroxyl groups is 1. The van der Waals surface area contributed by atoms with E-state index in [1.807, 2.05) is 23.6 Å². The third-order valence-corrected chi connectivity index (χ3v) is 6.67. The lowest BCUT2D eigenvalue weighted by Gasteiger charge is -2.22. The van der Waals surface area contributed by atoms with Crippen LogP contribution in [0.15, 0.2) is 57.7 Å². The molecule has 7 heteroatoms. The summed E-state index contributed by atoms with van der Waals surface area (Å²) in [6, 6.07) is 12.7. The fraction of sp³-hybridized carbons (Fsp3) is 0.158. The molecule has 0 aliphatic carbocycles. The molecule has 0 bridgehead atoms. The minimum absolute atomic E-state index is 0.236. The van der Waals surface area contributed by atoms with Crippen molar-refractivity contribution in [2.75, 3.05) is 4.90 Å². The van der Waals surface area contributed by atoms with Crippen molar-refractivity contribution in [2.45, 2.75) is 18.6 Å². The summed E-state index contributed by atoms with van der Waals surface area (Å²) in [5, 5.41) is 15.0. The Bertz CT molecular complexity index is 969. The Balaban J connectivity index is 1.74. The van der Waals surface area contributed by atoms with Crippen molar-refractivity contribution in [3.63, 3.8) is 0 Å². The first-order valence-corrected chi connectivity index (χ1v) is 10.5. The number of Topliss-reactive ketones (excluding diaryl/α,β-unsaturated/α-hetero) is 1. The van der Waals surface area contributed by atoms with Gasteiger partial charge in [0.25, 0.3) is 5.91 Å². The highest BCUT2D eigenvalue weighted by Crippen LogP contribution is 2.45. The second-order valence-corrected chi connectivity index (χ2v) is 8.97. The normalized spacial score (nSPS) is 19.0. The van der Waals surface area contributed by atoms with Crippen LogP contribution < -0.4 is 4.90 Å². The van der Waals surface area contributed by atoms with E-state index in [0.717, 1.165) is 9.35 Å². The molecule has 0 radical (unpaired) electrons. The number of benzene rings is 1. The fourth-order valence-electron chi connectivity index (χ4n) is 3.17. The SMILES string of the molecule is O=C(CC1(O)C(=O)N(Cc2cccs2)c2ccc(Br)cc21)c1cccs1. The van der Waals surface area contributed by atoms with Crippen molar-refractivity contribution in [1.29, 1.82) is 0 Å². The number of anilines is 1. The molecule has 0 fully saturated rings. The van der Waals surface area contributed by atoms with E-state index in [-0.39, 0.29) is 12.2 Å². The van der Waals surface area contributed by atoms with Crippen molar-refractivity contribution >= 4 is 56.0 Å². The third kappa shape index (κ3) is 2.95. The molecule has 1 amide bonds. The molecule has 3 aromatic rings. The summed E-state index contributed by atoms with van der Waals surface area (Å²) in [6.45, 7) is 0.376. The zero-order chi connectivity index (χ0) is 18.3. The van der Waals surface area contributed by atoms with Crippen LogP contribution in [0.3, 0.4) is 0 Å². The minimum Gasteiger partial charge on any atom is -0.375 e. The number of rotatable bonds is 5. The molecule has 1 aromatic carbocycles. The van der Waals surface area contributed by atoms with Crippen LogP contribution in [0.5, 0.6) is 0 Å². The second-order valence-electron chi connectivity index (χ2n) is 6.07. The topological polar surface area (TPSA) is 57.6 Å². The number of amides is 1. The maximum Gasteiger partial charge on any atom is 0.264 e. The lowest BCUT2D eigenvalue weighted by molar-refractivity contribution is -0.136. The maximum absolute atomic E-state index is 13.1. The zero-order valence-corrected chi connectivity index (χ0v) is 16.7. The molecule has 1 aliphatic heterocycles. The Labute approximate surface area is 166 Å². The number of nitrogens with zero attached hydrogens (tertiary/aromatic N) is 1. The smallest absolute Gasteiger partial charge is 0.264 e. The molecule has 0 spiro atoms. The van der Waals surface area contributed by atoms with Gasteiger partial charge in [-0.2, -0.15) is 0 Å². The molecule has 3 heterocycles. The molecule has 1 aliphatic rings. The molecular formula is C19H14BrNO3S2. The first kappa shape index (κ1) is 17.6. The number of hydrogen-bond donors (Lipinski definition) is 1. The molecule has 1 unspecified atom stereocenters. The van der Waals surface area contributed by atoms with E-state index in [1.165, 1.54) is 11.3 Å². The Morgan fingerprint density at radius 2 is 1.92 bits per heavy atom. The highest BCUT2D eigenvalue weighted by molar-refractivity contribution is 9.10. The van der Waals surface area contributed by atoms with Crippen LogP contribution in [-0.2, 0) is 16.9 Å². The van der Waals surface area contributed by atoms with E-state index in [9.17, 15) is 14.7 Å².